The molecule has 1 aliphatic heterocycles. The predicted molar refractivity (Wildman–Crippen MR) is 61.4 cm³/mol. The number of hydrogen-bond acceptors (Lipinski definition) is 3. The Labute approximate surface area is 95.7 Å². The third-order valence-corrected chi connectivity index (χ3v) is 5.27. The van der Waals surface area contributed by atoms with E-state index in [9.17, 15) is 8.42 Å². The van der Waals surface area contributed by atoms with Gasteiger partial charge in [0.2, 0.25) is 0 Å². The van der Waals surface area contributed by atoms with E-state index < -0.39 is 15.6 Å². The summed E-state index contributed by atoms with van der Waals surface area (Å²) in [5.74, 6) is 0. The molecule has 0 radical (unpaired) electrons. The van der Waals surface area contributed by atoms with E-state index >= 15 is 0 Å². The molecule has 0 aromatic carbocycles. The van der Waals surface area contributed by atoms with Crippen LogP contribution in [0.2, 0.25) is 0 Å². The van der Waals surface area contributed by atoms with Crippen LogP contribution in [0.5, 0.6) is 0 Å². The van der Waals surface area contributed by atoms with Crippen LogP contribution in [0.1, 0.15) is 19.8 Å². The van der Waals surface area contributed by atoms with Gasteiger partial charge in [-0.2, -0.15) is 4.31 Å². The third-order valence-electron chi connectivity index (χ3n) is 3.26. The number of aromatic nitrogens is 1. The molecular formula is C10H17N3O2S. The molecule has 16 heavy (non-hydrogen) atoms. The van der Waals surface area contributed by atoms with Gasteiger partial charge in [0.1, 0.15) is 5.03 Å². The summed E-state index contributed by atoms with van der Waals surface area (Å²) in [6.07, 6.45) is 3.31. The monoisotopic (exact) mass is 243 g/mol. The molecule has 2 rings (SSSR count). The minimum absolute atomic E-state index is 0.245. The summed E-state index contributed by atoms with van der Waals surface area (Å²) in [5.41, 5.74) is 5.25. The zero-order chi connectivity index (χ0) is 11.8. The molecule has 2 heterocycles. The molecule has 0 saturated carbocycles. The van der Waals surface area contributed by atoms with Crippen molar-refractivity contribution in [2.24, 2.45) is 5.73 Å². The first-order chi connectivity index (χ1) is 7.50. The van der Waals surface area contributed by atoms with Gasteiger partial charge in [0.05, 0.1) is 0 Å². The molecule has 1 aromatic rings. The molecule has 0 spiro atoms. The zero-order valence-corrected chi connectivity index (χ0v) is 10.1. The topological polar surface area (TPSA) is 79.2 Å². The van der Waals surface area contributed by atoms with Crippen LogP contribution in [0.25, 0.3) is 0 Å². The van der Waals surface area contributed by atoms with Crippen LogP contribution in [-0.4, -0.2) is 36.3 Å². The third kappa shape index (κ3) is 1.66. The first-order valence-electron chi connectivity index (χ1n) is 5.37. The second kappa shape index (κ2) is 3.87. The Balaban J connectivity index is 2.39. The fourth-order valence-corrected chi connectivity index (χ4v) is 4.03. The number of sulfonamides is 1. The maximum atomic E-state index is 12.3. The van der Waals surface area contributed by atoms with Crippen molar-refractivity contribution >= 4 is 10.0 Å². The summed E-state index contributed by atoms with van der Waals surface area (Å²) in [6, 6.07) is 3.26. The van der Waals surface area contributed by atoms with E-state index in [-0.39, 0.29) is 5.03 Å². The van der Waals surface area contributed by atoms with Gasteiger partial charge in [0.15, 0.2) is 0 Å². The van der Waals surface area contributed by atoms with Crippen LogP contribution in [0, 0.1) is 0 Å². The highest BCUT2D eigenvalue weighted by molar-refractivity contribution is 7.89. The molecule has 6 heteroatoms. The van der Waals surface area contributed by atoms with Crippen molar-refractivity contribution in [1.29, 1.82) is 0 Å². The maximum Gasteiger partial charge on any atom is 0.259 e. The van der Waals surface area contributed by atoms with E-state index in [4.69, 9.17) is 5.73 Å². The van der Waals surface area contributed by atoms with Gasteiger partial charge < -0.3 is 10.7 Å². The molecule has 0 bridgehead atoms. The summed E-state index contributed by atoms with van der Waals surface area (Å²) in [7, 11) is -3.42. The summed E-state index contributed by atoms with van der Waals surface area (Å²) in [6.45, 7) is 2.81. The van der Waals surface area contributed by atoms with Crippen molar-refractivity contribution in [3.8, 4) is 0 Å². The predicted octanol–water partition coefficient (Wildman–Crippen LogP) is 0.517. The molecule has 1 saturated heterocycles. The first-order valence-corrected chi connectivity index (χ1v) is 6.81. The summed E-state index contributed by atoms with van der Waals surface area (Å²) < 4.78 is 26.1. The normalized spacial score (nSPS) is 27.4. The average Bonchev–Trinajstić information content (AvgIpc) is 2.86. The largest absolute Gasteiger partial charge is 0.351 e. The molecule has 90 valence electrons. The van der Waals surface area contributed by atoms with Crippen LogP contribution in [-0.2, 0) is 10.0 Å². The van der Waals surface area contributed by atoms with Crippen molar-refractivity contribution < 1.29 is 8.42 Å². The molecular weight excluding hydrogens is 226 g/mol. The Kier molecular flexibility index (Phi) is 2.81. The van der Waals surface area contributed by atoms with Crippen LogP contribution in [0.3, 0.4) is 0 Å². The van der Waals surface area contributed by atoms with Gasteiger partial charge in [0.25, 0.3) is 10.0 Å². The van der Waals surface area contributed by atoms with Crippen molar-refractivity contribution in [1.82, 2.24) is 9.29 Å². The van der Waals surface area contributed by atoms with Gasteiger partial charge in [-0.05, 0) is 31.9 Å². The van der Waals surface area contributed by atoms with E-state index in [1.165, 1.54) is 4.31 Å². The summed E-state index contributed by atoms with van der Waals surface area (Å²) >= 11 is 0. The summed E-state index contributed by atoms with van der Waals surface area (Å²) in [4.78, 5) is 2.75. The molecule has 0 aliphatic carbocycles. The van der Waals surface area contributed by atoms with Crippen molar-refractivity contribution in [3.05, 3.63) is 18.3 Å². The Morgan fingerprint density at radius 3 is 2.94 bits per heavy atom. The Hall–Kier alpha value is -0.850. The minimum Gasteiger partial charge on any atom is -0.351 e. The number of nitrogens with one attached hydrogen (secondary N) is 1. The Morgan fingerprint density at radius 2 is 2.38 bits per heavy atom. The molecule has 0 amide bonds. The van der Waals surface area contributed by atoms with Gasteiger partial charge in [-0.1, -0.05) is 0 Å². The SMILES string of the molecule is CC1(CN)CCCN1S(=O)(=O)c1ccc[nH]1. The molecule has 1 atom stereocenters. The van der Waals surface area contributed by atoms with Crippen LogP contribution in [0.4, 0.5) is 0 Å². The highest BCUT2D eigenvalue weighted by atomic mass is 32.2. The Bertz CT molecular complexity index is 454. The Morgan fingerprint density at radius 1 is 1.62 bits per heavy atom. The number of hydrogen-bond donors (Lipinski definition) is 2. The van der Waals surface area contributed by atoms with Gasteiger partial charge in [0, 0.05) is 24.8 Å². The highest BCUT2D eigenvalue weighted by Gasteiger charge is 2.43. The summed E-state index contributed by atoms with van der Waals surface area (Å²) in [5, 5.41) is 0.245. The molecule has 5 nitrogen and oxygen atoms in total. The molecule has 1 fully saturated rings. The quantitative estimate of drug-likeness (QED) is 0.812. The minimum atomic E-state index is -3.42. The average molecular weight is 243 g/mol. The zero-order valence-electron chi connectivity index (χ0n) is 9.31. The van der Waals surface area contributed by atoms with E-state index in [2.05, 4.69) is 4.98 Å². The number of rotatable bonds is 3. The van der Waals surface area contributed by atoms with Crippen molar-refractivity contribution in [2.75, 3.05) is 13.1 Å². The number of nitrogens with zero attached hydrogens (tertiary/aromatic N) is 1. The maximum absolute atomic E-state index is 12.3. The highest BCUT2D eigenvalue weighted by Crippen LogP contribution is 2.32. The number of H-pyrrole nitrogens is 1. The van der Waals surface area contributed by atoms with E-state index in [0.29, 0.717) is 13.1 Å². The smallest absolute Gasteiger partial charge is 0.259 e. The lowest BCUT2D eigenvalue weighted by atomic mass is 10.0. The van der Waals surface area contributed by atoms with Crippen molar-refractivity contribution in [3.63, 3.8) is 0 Å². The van der Waals surface area contributed by atoms with Gasteiger partial charge >= 0.3 is 0 Å². The fraction of sp³-hybridized carbons (Fsp3) is 0.600. The lowest BCUT2D eigenvalue weighted by Crippen LogP contribution is -2.49. The molecule has 1 aromatic heterocycles. The number of nitrogens with two attached hydrogens (primary N) is 1. The lowest BCUT2D eigenvalue weighted by molar-refractivity contribution is 0.273. The van der Waals surface area contributed by atoms with Crippen LogP contribution >= 0.6 is 0 Å². The molecule has 1 aliphatic rings. The van der Waals surface area contributed by atoms with Crippen molar-refractivity contribution in [2.45, 2.75) is 30.3 Å². The van der Waals surface area contributed by atoms with Crippen LogP contribution in [0.15, 0.2) is 23.4 Å². The molecule has 3 N–H and O–H groups in total. The second-order valence-corrected chi connectivity index (χ2v) is 6.25. The van der Waals surface area contributed by atoms with E-state index in [0.717, 1.165) is 12.8 Å². The van der Waals surface area contributed by atoms with E-state index in [1.807, 2.05) is 6.92 Å². The molecule has 1 unspecified atom stereocenters. The van der Waals surface area contributed by atoms with Gasteiger partial charge in [-0.15, -0.1) is 0 Å². The fourth-order valence-electron chi connectivity index (χ4n) is 2.21. The lowest BCUT2D eigenvalue weighted by Gasteiger charge is -2.32. The second-order valence-electron chi connectivity index (χ2n) is 4.42. The first kappa shape index (κ1) is 11.6. The standard InChI is InChI=1S/C10H17N3O2S/c1-10(8-11)5-3-7-13(10)16(14,15)9-4-2-6-12-9/h2,4,6,12H,3,5,7-8,11H2,1H3. The van der Waals surface area contributed by atoms with Gasteiger partial charge in [-0.25, -0.2) is 8.42 Å². The van der Waals surface area contributed by atoms with E-state index in [1.54, 1.807) is 18.3 Å². The number of aromatic amines is 1. The van der Waals surface area contributed by atoms with Crippen LogP contribution < -0.4 is 5.73 Å². The van der Waals surface area contributed by atoms with Gasteiger partial charge in [-0.3, -0.25) is 0 Å².